The number of hydrogen-bond acceptors (Lipinski definition) is 5. The third-order valence-electron chi connectivity index (χ3n) is 5.53. The minimum Gasteiger partial charge on any atom is -0.353 e. The highest BCUT2D eigenvalue weighted by Gasteiger charge is 2.28. The summed E-state index contributed by atoms with van der Waals surface area (Å²) < 4.78 is 1.94. The first kappa shape index (κ1) is 19.1. The van der Waals surface area contributed by atoms with Crippen molar-refractivity contribution >= 4 is 11.7 Å². The molecule has 7 nitrogen and oxygen atoms in total. The van der Waals surface area contributed by atoms with Crippen LogP contribution >= 0.6 is 0 Å². The first-order valence-corrected chi connectivity index (χ1v) is 10.1. The summed E-state index contributed by atoms with van der Waals surface area (Å²) in [6.07, 6.45) is 6.05. The SMILES string of the molecule is CCC(C(=O)N1CCN(c2cc(-n3ccnc3C)ncn2)CC1)c1ccccc1. The number of amides is 1. The summed E-state index contributed by atoms with van der Waals surface area (Å²) in [7, 11) is 0. The largest absolute Gasteiger partial charge is 0.353 e. The van der Waals surface area contributed by atoms with Crippen LogP contribution in [-0.2, 0) is 4.79 Å². The van der Waals surface area contributed by atoms with E-state index >= 15 is 0 Å². The van der Waals surface area contributed by atoms with Crippen LogP contribution in [-0.4, -0.2) is 56.5 Å². The molecule has 29 heavy (non-hydrogen) atoms. The van der Waals surface area contributed by atoms with Crippen molar-refractivity contribution < 1.29 is 4.79 Å². The highest BCUT2D eigenvalue weighted by Crippen LogP contribution is 2.24. The maximum absolute atomic E-state index is 13.1. The minimum atomic E-state index is -0.0716. The average Bonchev–Trinajstić information content (AvgIpc) is 3.21. The summed E-state index contributed by atoms with van der Waals surface area (Å²) in [5.41, 5.74) is 1.10. The number of nitrogens with zero attached hydrogens (tertiary/aromatic N) is 6. The van der Waals surface area contributed by atoms with Gasteiger partial charge in [0.05, 0.1) is 5.92 Å². The number of hydrogen-bond donors (Lipinski definition) is 0. The molecule has 1 fully saturated rings. The fourth-order valence-corrected chi connectivity index (χ4v) is 3.88. The molecule has 1 aliphatic heterocycles. The van der Waals surface area contributed by atoms with E-state index in [4.69, 9.17) is 0 Å². The van der Waals surface area contributed by atoms with E-state index in [1.165, 1.54) is 0 Å². The number of aromatic nitrogens is 4. The number of imidazole rings is 1. The lowest BCUT2D eigenvalue weighted by atomic mass is 9.95. The van der Waals surface area contributed by atoms with Crippen molar-refractivity contribution in [1.82, 2.24) is 24.4 Å². The van der Waals surface area contributed by atoms with E-state index in [0.29, 0.717) is 13.1 Å². The molecular formula is C22H26N6O. The molecule has 1 aliphatic rings. The summed E-state index contributed by atoms with van der Waals surface area (Å²) in [4.78, 5) is 30.4. The van der Waals surface area contributed by atoms with Crippen molar-refractivity contribution in [3.63, 3.8) is 0 Å². The Morgan fingerprint density at radius 2 is 1.76 bits per heavy atom. The van der Waals surface area contributed by atoms with Crippen LogP contribution in [0.4, 0.5) is 5.82 Å². The molecule has 0 bridgehead atoms. The van der Waals surface area contributed by atoms with Gasteiger partial charge in [0.25, 0.3) is 0 Å². The lowest BCUT2D eigenvalue weighted by Crippen LogP contribution is -2.50. The Morgan fingerprint density at radius 3 is 2.41 bits per heavy atom. The molecule has 3 heterocycles. The Hall–Kier alpha value is -3.22. The van der Waals surface area contributed by atoms with E-state index in [9.17, 15) is 4.79 Å². The van der Waals surface area contributed by atoms with E-state index in [-0.39, 0.29) is 11.8 Å². The van der Waals surface area contributed by atoms with Crippen LogP contribution in [0.3, 0.4) is 0 Å². The van der Waals surface area contributed by atoms with E-state index in [1.54, 1.807) is 12.5 Å². The van der Waals surface area contributed by atoms with Crippen LogP contribution in [0.25, 0.3) is 5.82 Å². The maximum Gasteiger partial charge on any atom is 0.230 e. The molecule has 0 N–H and O–H groups in total. The molecule has 4 rings (SSSR count). The second kappa shape index (κ2) is 8.43. The first-order valence-electron chi connectivity index (χ1n) is 10.1. The van der Waals surface area contributed by atoms with Crippen molar-refractivity contribution in [3.8, 4) is 5.82 Å². The van der Waals surface area contributed by atoms with Crippen molar-refractivity contribution in [2.75, 3.05) is 31.1 Å². The van der Waals surface area contributed by atoms with Crippen molar-refractivity contribution in [1.29, 1.82) is 0 Å². The molecule has 1 saturated heterocycles. The van der Waals surface area contributed by atoms with Gasteiger partial charge in [-0.1, -0.05) is 37.3 Å². The second-order valence-corrected chi connectivity index (χ2v) is 7.26. The van der Waals surface area contributed by atoms with Gasteiger partial charge >= 0.3 is 0 Å². The molecule has 7 heteroatoms. The second-order valence-electron chi connectivity index (χ2n) is 7.26. The third kappa shape index (κ3) is 3.99. The molecule has 1 amide bonds. The Bertz CT molecular complexity index is 962. The Labute approximate surface area is 171 Å². The molecule has 0 saturated carbocycles. The molecule has 2 aromatic heterocycles. The Balaban J connectivity index is 1.43. The van der Waals surface area contributed by atoms with E-state index in [0.717, 1.165) is 42.5 Å². The summed E-state index contributed by atoms with van der Waals surface area (Å²) in [5.74, 6) is 2.72. The first-order chi connectivity index (χ1) is 14.2. The zero-order chi connectivity index (χ0) is 20.2. The van der Waals surface area contributed by atoms with Crippen molar-refractivity contribution in [2.45, 2.75) is 26.2 Å². The summed E-state index contributed by atoms with van der Waals surface area (Å²) >= 11 is 0. The molecule has 0 spiro atoms. The maximum atomic E-state index is 13.1. The molecule has 1 aromatic carbocycles. The van der Waals surface area contributed by atoms with Gasteiger partial charge in [-0.25, -0.2) is 15.0 Å². The number of aryl methyl sites for hydroxylation is 1. The van der Waals surface area contributed by atoms with Crippen LogP contribution in [0, 0.1) is 6.92 Å². The monoisotopic (exact) mass is 390 g/mol. The standard InChI is InChI=1S/C22H26N6O/c1-3-19(18-7-5-4-6-8-18)22(29)27-13-11-26(12-14-27)20-15-21(25-16-24-20)28-10-9-23-17(28)2/h4-10,15-16,19H,3,11-14H2,1-2H3. The number of anilines is 1. The van der Waals surface area contributed by atoms with E-state index in [1.807, 2.05) is 59.0 Å². The highest BCUT2D eigenvalue weighted by atomic mass is 16.2. The number of carbonyl (C=O) groups excluding carboxylic acids is 1. The zero-order valence-electron chi connectivity index (χ0n) is 16.9. The van der Waals surface area contributed by atoms with Gasteiger partial charge in [-0.2, -0.15) is 0 Å². The van der Waals surface area contributed by atoms with Crippen molar-refractivity contribution in [2.24, 2.45) is 0 Å². The van der Waals surface area contributed by atoms with Crippen LogP contribution in [0.5, 0.6) is 0 Å². The summed E-state index contributed by atoms with van der Waals surface area (Å²) in [6, 6.07) is 12.0. The van der Waals surface area contributed by atoms with Gasteiger partial charge in [0, 0.05) is 44.6 Å². The smallest absolute Gasteiger partial charge is 0.230 e. The van der Waals surface area contributed by atoms with Gasteiger partial charge in [-0.3, -0.25) is 9.36 Å². The quantitative estimate of drug-likeness (QED) is 0.670. The average molecular weight is 390 g/mol. The third-order valence-corrected chi connectivity index (χ3v) is 5.53. The van der Waals surface area contributed by atoms with Gasteiger partial charge in [-0.05, 0) is 18.9 Å². The van der Waals surface area contributed by atoms with E-state index < -0.39 is 0 Å². The van der Waals surface area contributed by atoms with Gasteiger partial charge in [0.15, 0.2) is 0 Å². The fraction of sp³-hybridized carbons (Fsp3) is 0.364. The summed E-state index contributed by atoms with van der Waals surface area (Å²) in [6.45, 7) is 6.94. The number of carbonyl (C=O) groups is 1. The zero-order valence-corrected chi connectivity index (χ0v) is 16.9. The lowest BCUT2D eigenvalue weighted by Gasteiger charge is -2.37. The Kier molecular flexibility index (Phi) is 5.55. The molecule has 0 aliphatic carbocycles. The number of rotatable bonds is 5. The van der Waals surface area contributed by atoms with Crippen LogP contribution in [0.15, 0.2) is 55.1 Å². The van der Waals surface area contributed by atoms with Gasteiger partial charge in [-0.15, -0.1) is 0 Å². The Morgan fingerprint density at radius 1 is 1.03 bits per heavy atom. The van der Waals surface area contributed by atoms with Crippen LogP contribution in [0.1, 0.15) is 30.7 Å². The van der Waals surface area contributed by atoms with E-state index in [2.05, 4.69) is 26.8 Å². The lowest BCUT2D eigenvalue weighted by molar-refractivity contribution is -0.133. The highest BCUT2D eigenvalue weighted by molar-refractivity contribution is 5.84. The predicted molar refractivity (Wildman–Crippen MR) is 112 cm³/mol. The molecule has 150 valence electrons. The van der Waals surface area contributed by atoms with Gasteiger partial charge in [0.2, 0.25) is 5.91 Å². The van der Waals surface area contributed by atoms with Gasteiger partial charge in [0.1, 0.15) is 23.8 Å². The van der Waals surface area contributed by atoms with Crippen LogP contribution in [0.2, 0.25) is 0 Å². The fourth-order valence-electron chi connectivity index (χ4n) is 3.88. The number of piperazine rings is 1. The van der Waals surface area contributed by atoms with Gasteiger partial charge < -0.3 is 9.80 Å². The van der Waals surface area contributed by atoms with Crippen molar-refractivity contribution in [3.05, 3.63) is 66.5 Å². The minimum absolute atomic E-state index is 0.0716. The molecule has 3 aromatic rings. The molecule has 1 atom stereocenters. The molecular weight excluding hydrogens is 364 g/mol. The summed E-state index contributed by atoms with van der Waals surface area (Å²) in [5, 5.41) is 0. The van der Waals surface area contributed by atoms with Crippen LogP contribution < -0.4 is 4.90 Å². The number of benzene rings is 1. The molecule has 0 radical (unpaired) electrons. The topological polar surface area (TPSA) is 67.2 Å². The predicted octanol–water partition coefficient (Wildman–Crippen LogP) is 2.81. The molecule has 1 unspecified atom stereocenters. The normalized spacial score (nSPS) is 15.4.